The van der Waals surface area contributed by atoms with Crippen LogP contribution in [0.25, 0.3) is 33.8 Å². The van der Waals surface area contributed by atoms with E-state index >= 15 is 0 Å². The van der Waals surface area contributed by atoms with Crippen LogP contribution in [0.5, 0.6) is 0 Å². The van der Waals surface area contributed by atoms with Crippen molar-refractivity contribution in [3.05, 3.63) is 90.6 Å². The standard InChI is InChI=1S/C22H16N2O2/c25-21(26)13-12-19-15-24(20-8-2-1-3-9-20)23-22(19)18-11-10-16-6-4-5-7-17(16)14-18/h1-15H,(H,25,26)/b13-12+. The molecular weight excluding hydrogens is 324 g/mol. The minimum atomic E-state index is -0.984. The van der Waals surface area contributed by atoms with Crippen molar-refractivity contribution in [2.45, 2.75) is 0 Å². The molecule has 4 aromatic rings. The van der Waals surface area contributed by atoms with Crippen molar-refractivity contribution in [1.82, 2.24) is 9.78 Å². The van der Waals surface area contributed by atoms with Crippen molar-refractivity contribution in [2.24, 2.45) is 0 Å². The lowest BCUT2D eigenvalue weighted by Crippen LogP contribution is -1.94. The quantitative estimate of drug-likeness (QED) is 0.543. The summed E-state index contributed by atoms with van der Waals surface area (Å²) in [6.07, 6.45) is 4.56. The molecule has 1 N–H and O–H groups in total. The van der Waals surface area contributed by atoms with Gasteiger partial charge in [-0.15, -0.1) is 0 Å². The van der Waals surface area contributed by atoms with Crippen LogP contribution in [0, 0.1) is 0 Å². The highest BCUT2D eigenvalue weighted by Crippen LogP contribution is 2.28. The number of benzene rings is 3. The Morgan fingerprint density at radius 3 is 2.42 bits per heavy atom. The molecule has 0 aliphatic heterocycles. The minimum absolute atomic E-state index is 0.747. The third kappa shape index (κ3) is 3.13. The summed E-state index contributed by atoms with van der Waals surface area (Å²) in [6.45, 7) is 0. The molecule has 4 heteroatoms. The fourth-order valence-corrected chi connectivity index (χ4v) is 2.94. The Hall–Kier alpha value is -3.66. The predicted molar refractivity (Wildman–Crippen MR) is 103 cm³/mol. The molecule has 0 aliphatic carbocycles. The first-order valence-electron chi connectivity index (χ1n) is 8.26. The van der Waals surface area contributed by atoms with Crippen LogP contribution in [0.4, 0.5) is 0 Å². The molecule has 1 heterocycles. The lowest BCUT2D eigenvalue weighted by atomic mass is 10.0. The number of carbonyl (C=O) groups is 1. The van der Waals surface area contributed by atoms with E-state index in [9.17, 15) is 4.79 Å². The molecule has 0 aliphatic rings. The van der Waals surface area contributed by atoms with Gasteiger partial charge in [0.15, 0.2) is 0 Å². The molecule has 1 aromatic heterocycles. The highest BCUT2D eigenvalue weighted by Gasteiger charge is 2.11. The molecule has 0 spiro atoms. The Morgan fingerprint density at radius 2 is 1.65 bits per heavy atom. The first kappa shape index (κ1) is 15.8. The van der Waals surface area contributed by atoms with Gasteiger partial charge in [-0.25, -0.2) is 9.48 Å². The van der Waals surface area contributed by atoms with Gasteiger partial charge in [0.2, 0.25) is 0 Å². The summed E-state index contributed by atoms with van der Waals surface area (Å²) >= 11 is 0. The van der Waals surface area contributed by atoms with Gasteiger partial charge in [-0.3, -0.25) is 0 Å². The molecule has 0 unspecified atom stereocenters. The Kier molecular flexibility index (Phi) is 4.07. The third-order valence-corrected chi connectivity index (χ3v) is 4.19. The monoisotopic (exact) mass is 340 g/mol. The Morgan fingerprint density at radius 1 is 0.923 bits per heavy atom. The third-order valence-electron chi connectivity index (χ3n) is 4.19. The van der Waals surface area contributed by atoms with Gasteiger partial charge in [-0.1, -0.05) is 54.6 Å². The molecule has 4 rings (SSSR count). The number of aromatic nitrogens is 2. The number of nitrogens with zero attached hydrogens (tertiary/aromatic N) is 2. The second-order valence-corrected chi connectivity index (χ2v) is 5.95. The zero-order valence-corrected chi connectivity index (χ0v) is 13.9. The average molecular weight is 340 g/mol. The number of rotatable bonds is 4. The number of aliphatic carboxylic acids is 1. The molecule has 0 fully saturated rings. The van der Waals surface area contributed by atoms with Gasteiger partial charge in [-0.2, -0.15) is 5.10 Å². The zero-order valence-electron chi connectivity index (χ0n) is 13.9. The molecule has 0 amide bonds. The highest BCUT2D eigenvalue weighted by atomic mass is 16.4. The summed E-state index contributed by atoms with van der Waals surface area (Å²) in [4.78, 5) is 11.0. The number of carboxylic acid groups (broad SMARTS) is 1. The summed E-state index contributed by atoms with van der Waals surface area (Å²) in [6, 6.07) is 24.0. The maximum Gasteiger partial charge on any atom is 0.328 e. The average Bonchev–Trinajstić information content (AvgIpc) is 3.11. The molecular formula is C22H16N2O2. The van der Waals surface area contributed by atoms with E-state index in [0.717, 1.165) is 39.4 Å². The van der Waals surface area contributed by atoms with Gasteiger partial charge in [0.05, 0.1) is 11.4 Å². The van der Waals surface area contributed by atoms with E-state index in [0.29, 0.717) is 0 Å². The van der Waals surface area contributed by atoms with Gasteiger partial charge in [0, 0.05) is 23.4 Å². The molecule has 26 heavy (non-hydrogen) atoms. The fraction of sp³-hybridized carbons (Fsp3) is 0. The zero-order chi connectivity index (χ0) is 17.9. The molecule has 126 valence electrons. The summed E-state index contributed by atoms with van der Waals surface area (Å²) in [5.41, 5.74) is 3.37. The van der Waals surface area contributed by atoms with Crippen LogP contribution in [-0.4, -0.2) is 20.9 Å². The van der Waals surface area contributed by atoms with Crippen LogP contribution in [0.15, 0.2) is 85.1 Å². The molecule has 0 atom stereocenters. The van der Waals surface area contributed by atoms with Crippen molar-refractivity contribution in [2.75, 3.05) is 0 Å². The van der Waals surface area contributed by atoms with E-state index in [4.69, 9.17) is 10.2 Å². The predicted octanol–water partition coefficient (Wildman–Crippen LogP) is 4.79. The van der Waals surface area contributed by atoms with Gasteiger partial charge < -0.3 is 5.11 Å². The second-order valence-electron chi connectivity index (χ2n) is 5.95. The van der Waals surface area contributed by atoms with Crippen LogP contribution in [-0.2, 0) is 4.79 Å². The Labute approximate surface area is 150 Å². The largest absolute Gasteiger partial charge is 0.478 e. The van der Waals surface area contributed by atoms with Gasteiger partial charge in [0.1, 0.15) is 0 Å². The Bertz CT molecular complexity index is 1110. The topological polar surface area (TPSA) is 55.1 Å². The molecule has 0 saturated carbocycles. The second kappa shape index (κ2) is 6.69. The maximum absolute atomic E-state index is 11.0. The smallest absolute Gasteiger partial charge is 0.328 e. The van der Waals surface area contributed by atoms with Crippen molar-refractivity contribution < 1.29 is 9.90 Å². The van der Waals surface area contributed by atoms with Crippen LogP contribution in [0.2, 0.25) is 0 Å². The molecule has 3 aromatic carbocycles. The number of para-hydroxylation sites is 1. The number of hydrogen-bond acceptors (Lipinski definition) is 2. The fourth-order valence-electron chi connectivity index (χ4n) is 2.94. The number of carboxylic acids is 1. The number of hydrogen-bond donors (Lipinski definition) is 1. The molecule has 0 radical (unpaired) electrons. The lowest BCUT2D eigenvalue weighted by Gasteiger charge is -2.03. The first-order valence-corrected chi connectivity index (χ1v) is 8.26. The summed E-state index contributed by atoms with van der Waals surface area (Å²) in [7, 11) is 0. The van der Waals surface area contributed by atoms with Crippen molar-refractivity contribution >= 4 is 22.8 Å². The minimum Gasteiger partial charge on any atom is -0.478 e. The van der Waals surface area contributed by atoms with E-state index in [1.807, 2.05) is 54.7 Å². The van der Waals surface area contributed by atoms with Crippen LogP contribution >= 0.6 is 0 Å². The maximum atomic E-state index is 11.0. The summed E-state index contributed by atoms with van der Waals surface area (Å²) in [5, 5.41) is 16.0. The SMILES string of the molecule is O=C(O)/C=C/c1cn(-c2ccccc2)nc1-c1ccc2ccccc2c1. The summed E-state index contributed by atoms with van der Waals surface area (Å²) in [5.74, 6) is -0.984. The van der Waals surface area contributed by atoms with Crippen LogP contribution in [0.1, 0.15) is 5.56 Å². The van der Waals surface area contributed by atoms with Crippen molar-refractivity contribution in [1.29, 1.82) is 0 Å². The highest BCUT2D eigenvalue weighted by molar-refractivity contribution is 5.90. The van der Waals surface area contributed by atoms with E-state index in [1.54, 1.807) is 10.8 Å². The number of fused-ring (bicyclic) bond motifs is 1. The van der Waals surface area contributed by atoms with Crippen molar-refractivity contribution in [3.63, 3.8) is 0 Å². The normalized spacial score (nSPS) is 11.2. The van der Waals surface area contributed by atoms with Crippen molar-refractivity contribution in [3.8, 4) is 16.9 Å². The Balaban J connectivity index is 1.87. The van der Waals surface area contributed by atoms with Crippen LogP contribution in [0.3, 0.4) is 0 Å². The molecule has 0 bridgehead atoms. The molecule has 4 nitrogen and oxygen atoms in total. The van der Waals surface area contributed by atoms with Gasteiger partial charge >= 0.3 is 5.97 Å². The van der Waals surface area contributed by atoms with E-state index in [-0.39, 0.29) is 0 Å². The van der Waals surface area contributed by atoms with Gasteiger partial charge in [0.25, 0.3) is 0 Å². The van der Waals surface area contributed by atoms with E-state index in [1.165, 1.54) is 0 Å². The van der Waals surface area contributed by atoms with Crippen LogP contribution < -0.4 is 0 Å². The first-order chi connectivity index (χ1) is 12.7. The van der Waals surface area contributed by atoms with E-state index < -0.39 is 5.97 Å². The summed E-state index contributed by atoms with van der Waals surface area (Å²) < 4.78 is 1.77. The lowest BCUT2D eigenvalue weighted by molar-refractivity contribution is -0.131. The van der Waals surface area contributed by atoms with E-state index in [2.05, 4.69) is 24.3 Å². The van der Waals surface area contributed by atoms with Gasteiger partial charge in [-0.05, 0) is 35.0 Å². The molecule has 0 saturated heterocycles.